The number of amides is 3. The Bertz CT molecular complexity index is 863. The molecule has 1 fully saturated rings. The number of likely N-dealkylation sites (N-methyl/N-ethyl adjacent to an activating group) is 1. The third-order valence-corrected chi connectivity index (χ3v) is 6.17. The quantitative estimate of drug-likeness (QED) is 0.204. The summed E-state index contributed by atoms with van der Waals surface area (Å²) in [5.41, 5.74) is 4.03. The summed E-state index contributed by atoms with van der Waals surface area (Å²) in [4.78, 5) is 37.6. The minimum atomic E-state index is -2.14. The van der Waals surface area contributed by atoms with Crippen LogP contribution in [0.3, 0.4) is 0 Å². The highest BCUT2D eigenvalue weighted by Crippen LogP contribution is 2.30. The first-order valence-electron chi connectivity index (χ1n) is 11.2. The Kier molecular flexibility index (Phi) is 9.39. The zero-order valence-corrected chi connectivity index (χ0v) is 19.9. The first kappa shape index (κ1) is 27.5. The van der Waals surface area contributed by atoms with Crippen molar-refractivity contribution in [3.05, 3.63) is 29.8 Å². The van der Waals surface area contributed by atoms with Crippen molar-refractivity contribution in [1.82, 2.24) is 16.0 Å². The maximum atomic E-state index is 13.0. The predicted molar refractivity (Wildman–Crippen MR) is 124 cm³/mol. The van der Waals surface area contributed by atoms with Crippen LogP contribution >= 0.6 is 0 Å². The van der Waals surface area contributed by atoms with E-state index in [-0.39, 0.29) is 18.8 Å². The molecule has 8 N–H and O–H groups in total. The summed E-state index contributed by atoms with van der Waals surface area (Å²) in [5.74, 6) is -1.61. The van der Waals surface area contributed by atoms with Crippen LogP contribution in [0.15, 0.2) is 24.3 Å². The minimum absolute atomic E-state index is 0.0629. The van der Waals surface area contributed by atoms with Crippen molar-refractivity contribution in [2.24, 2.45) is 11.7 Å². The Morgan fingerprint density at radius 3 is 2.29 bits per heavy atom. The van der Waals surface area contributed by atoms with Crippen LogP contribution in [-0.4, -0.2) is 83.1 Å². The van der Waals surface area contributed by atoms with Crippen LogP contribution in [0.25, 0.3) is 0 Å². The lowest BCUT2D eigenvalue weighted by Crippen LogP contribution is -2.65. The van der Waals surface area contributed by atoms with E-state index in [4.69, 9.17) is 10.5 Å². The number of rotatable bonds is 10. The molecule has 1 aromatic rings. The van der Waals surface area contributed by atoms with Gasteiger partial charge in [0.2, 0.25) is 11.8 Å². The largest absolute Gasteiger partial charge is 0.497 e. The van der Waals surface area contributed by atoms with Gasteiger partial charge in [0.1, 0.15) is 23.5 Å². The highest BCUT2D eigenvalue weighted by molar-refractivity contribution is 5.91. The molecule has 190 valence electrons. The van der Waals surface area contributed by atoms with Gasteiger partial charge < -0.3 is 41.7 Å². The molecule has 0 aromatic heterocycles. The molecule has 11 nitrogen and oxygen atoms in total. The first-order valence-corrected chi connectivity index (χ1v) is 11.2. The van der Waals surface area contributed by atoms with Crippen LogP contribution in [-0.2, 0) is 20.8 Å². The van der Waals surface area contributed by atoms with E-state index < -0.39 is 60.1 Å². The molecule has 1 aliphatic rings. The fourth-order valence-corrected chi connectivity index (χ4v) is 4.18. The molecule has 0 bridgehead atoms. The fraction of sp³-hybridized carbons (Fsp3) is 0.609. The van der Waals surface area contributed by atoms with E-state index in [0.29, 0.717) is 11.3 Å². The molecule has 1 aromatic carbocycles. The lowest BCUT2D eigenvalue weighted by molar-refractivity contribution is -0.161. The molecule has 0 unspecified atom stereocenters. The molecule has 0 saturated heterocycles. The molecule has 1 saturated carbocycles. The second-order valence-corrected chi connectivity index (χ2v) is 9.10. The number of primary amides is 1. The lowest BCUT2D eigenvalue weighted by atomic mass is 9.77. The standard InChI is InChI=1S/C23H36N4O7/c1-12(2)18(25-3)21(31)26-16-10-23(33,11-17(28)19(16)29)22(32)27-15(20(24)30)9-13-5-7-14(34-4)8-6-13/h5-8,12,15-19,25,28-29,33H,9-11H2,1-4H3,(H2,24,30)(H,26,31)(H,27,32)/t15-,16-,17+,18-,19+,23-/m0/s1. The normalized spacial score (nSPS) is 26.4. The number of carbonyl (C=O) groups excluding carboxylic acids is 3. The molecular formula is C23H36N4O7. The number of nitrogens with one attached hydrogen (secondary N) is 3. The maximum Gasteiger partial charge on any atom is 0.252 e. The van der Waals surface area contributed by atoms with Gasteiger partial charge in [-0.3, -0.25) is 14.4 Å². The van der Waals surface area contributed by atoms with Crippen LogP contribution in [0, 0.1) is 5.92 Å². The summed E-state index contributed by atoms with van der Waals surface area (Å²) in [7, 11) is 3.14. The van der Waals surface area contributed by atoms with Gasteiger partial charge in [-0.1, -0.05) is 26.0 Å². The molecule has 0 aliphatic heterocycles. The highest BCUT2D eigenvalue weighted by atomic mass is 16.5. The Balaban J connectivity index is 2.14. The van der Waals surface area contributed by atoms with Crippen LogP contribution in [0.4, 0.5) is 0 Å². The molecular weight excluding hydrogens is 444 g/mol. The summed E-state index contributed by atoms with van der Waals surface area (Å²) < 4.78 is 5.10. The SMILES string of the molecule is CN[C@H](C(=O)N[C@H]1C[C@@](O)(C(=O)N[C@@H](Cc2ccc(OC)cc2)C(N)=O)C[C@@H](O)[C@@H]1O)C(C)C. The highest BCUT2D eigenvalue weighted by Gasteiger charge is 2.50. The van der Waals surface area contributed by atoms with E-state index in [0.717, 1.165) is 0 Å². The van der Waals surface area contributed by atoms with Crippen molar-refractivity contribution < 1.29 is 34.4 Å². The van der Waals surface area contributed by atoms with E-state index in [9.17, 15) is 29.7 Å². The molecule has 0 heterocycles. The van der Waals surface area contributed by atoms with Crippen LogP contribution in [0.5, 0.6) is 5.75 Å². The van der Waals surface area contributed by atoms with Gasteiger partial charge in [0, 0.05) is 19.3 Å². The number of methoxy groups -OCH3 is 1. The molecule has 34 heavy (non-hydrogen) atoms. The summed E-state index contributed by atoms with van der Waals surface area (Å²) in [5, 5.41) is 39.7. The Morgan fingerprint density at radius 1 is 1.18 bits per heavy atom. The summed E-state index contributed by atoms with van der Waals surface area (Å²) in [6.07, 6.45) is -3.61. The van der Waals surface area contributed by atoms with Crippen LogP contribution in [0.1, 0.15) is 32.3 Å². The van der Waals surface area contributed by atoms with Gasteiger partial charge in [-0.25, -0.2) is 0 Å². The smallest absolute Gasteiger partial charge is 0.252 e. The monoisotopic (exact) mass is 480 g/mol. The van der Waals surface area contributed by atoms with Crippen molar-refractivity contribution in [3.63, 3.8) is 0 Å². The van der Waals surface area contributed by atoms with Gasteiger partial charge in [0.15, 0.2) is 0 Å². The van der Waals surface area contributed by atoms with E-state index >= 15 is 0 Å². The number of benzene rings is 1. The summed E-state index contributed by atoms with van der Waals surface area (Å²) in [6.45, 7) is 3.67. The second-order valence-electron chi connectivity index (χ2n) is 9.10. The van der Waals surface area contributed by atoms with Crippen LogP contribution in [0.2, 0.25) is 0 Å². The van der Waals surface area contributed by atoms with Gasteiger partial charge in [0.05, 0.1) is 25.3 Å². The average Bonchev–Trinajstić information content (AvgIpc) is 2.77. The van der Waals surface area contributed by atoms with E-state index in [1.807, 2.05) is 13.8 Å². The number of hydrogen-bond acceptors (Lipinski definition) is 8. The predicted octanol–water partition coefficient (Wildman–Crippen LogP) is -1.82. The number of hydrogen-bond donors (Lipinski definition) is 7. The molecule has 11 heteroatoms. The van der Waals surface area contributed by atoms with Gasteiger partial charge in [-0.2, -0.15) is 0 Å². The van der Waals surface area contributed by atoms with Gasteiger partial charge >= 0.3 is 0 Å². The second kappa shape index (κ2) is 11.6. The van der Waals surface area contributed by atoms with Gasteiger partial charge in [0.25, 0.3) is 5.91 Å². The molecule has 2 rings (SSSR count). The third kappa shape index (κ3) is 6.66. The topological polar surface area (TPSA) is 183 Å². The molecule has 0 radical (unpaired) electrons. The third-order valence-electron chi connectivity index (χ3n) is 6.17. The Labute approximate surface area is 199 Å². The molecule has 3 amide bonds. The minimum Gasteiger partial charge on any atom is -0.497 e. The molecule has 0 spiro atoms. The molecule has 6 atom stereocenters. The first-order chi connectivity index (χ1) is 15.9. The van der Waals surface area contributed by atoms with E-state index in [1.54, 1.807) is 31.3 Å². The average molecular weight is 481 g/mol. The van der Waals surface area contributed by atoms with E-state index in [2.05, 4.69) is 16.0 Å². The van der Waals surface area contributed by atoms with Gasteiger partial charge in [-0.05, 0) is 30.7 Å². The zero-order chi connectivity index (χ0) is 25.6. The number of aliphatic hydroxyl groups excluding tert-OH is 2. The zero-order valence-electron chi connectivity index (χ0n) is 19.9. The summed E-state index contributed by atoms with van der Waals surface area (Å²) >= 11 is 0. The summed E-state index contributed by atoms with van der Waals surface area (Å²) in [6, 6.07) is 4.04. The van der Waals surface area contributed by atoms with E-state index in [1.165, 1.54) is 7.11 Å². The van der Waals surface area contributed by atoms with Crippen LogP contribution < -0.4 is 26.4 Å². The Morgan fingerprint density at radius 2 is 1.79 bits per heavy atom. The van der Waals surface area contributed by atoms with Crippen molar-refractivity contribution in [2.75, 3.05) is 14.2 Å². The molecule has 1 aliphatic carbocycles. The number of ether oxygens (including phenoxy) is 1. The number of nitrogens with two attached hydrogens (primary N) is 1. The maximum absolute atomic E-state index is 13.0. The Hall–Kier alpha value is -2.73. The number of carbonyl (C=O) groups is 3. The fourth-order valence-electron chi connectivity index (χ4n) is 4.18. The lowest BCUT2D eigenvalue weighted by Gasteiger charge is -2.42. The van der Waals surface area contributed by atoms with Gasteiger partial charge in [-0.15, -0.1) is 0 Å². The van der Waals surface area contributed by atoms with Crippen molar-refractivity contribution in [3.8, 4) is 5.75 Å². The van der Waals surface area contributed by atoms with Crippen molar-refractivity contribution in [2.45, 2.75) is 69.0 Å². The number of aliphatic hydroxyl groups is 3. The van der Waals surface area contributed by atoms with Crippen molar-refractivity contribution in [1.29, 1.82) is 0 Å². The van der Waals surface area contributed by atoms with Crippen molar-refractivity contribution >= 4 is 17.7 Å².